The minimum Gasteiger partial charge on any atom is -0.447 e. The molecule has 0 radical (unpaired) electrons. The van der Waals surface area contributed by atoms with E-state index in [1.165, 1.54) is 6.39 Å². The van der Waals surface area contributed by atoms with Crippen LogP contribution >= 0.6 is 0 Å². The Labute approximate surface area is 54.3 Å². The summed E-state index contributed by atoms with van der Waals surface area (Å²) in [6.45, 7) is 0.819. The molecule has 0 aliphatic heterocycles. The zero-order chi connectivity index (χ0) is 6.69. The van der Waals surface area contributed by atoms with Gasteiger partial charge in [0.15, 0.2) is 6.39 Å². The second-order valence-corrected chi connectivity index (χ2v) is 2.21. The van der Waals surface area contributed by atoms with E-state index in [-0.39, 0.29) is 0 Å². The summed E-state index contributed by atoms with van der Waals surface area (Å²) in [5.74, 6) is 0.903. The van der Waals surface area contributed by atoms with Gasteiger partial charge in [0.05, 0.1) is 12.7 Å². The second-order valence-electron chi connectivity index (χ2n) is 2.21. The van der Waals surface area contributed by atoms with Crippen LogP contribution in [-0.2, 0) is 6.54 Å². The van der Waals surface area contributed by atoms with Gasteiger partial charge in [-0.15, -0.1) is 0 Å². The number of hydrogen-bond acceptors (Lipinski definition) is 3. The van der Waals surface area contributed by atoms with Crippen molar-refractivity contribution in [2.24, 2.45) is 0 Å². The first-order valence-corrected chi connectivity index (χ1v) is 2.81. The fourth-order valence-electron chi connectivity index (χ4n) is 0.632. The average Bonchev–Trinajstić information content (AvgIpc) is 2.15. The highest BCUT2D eigenvalue weighted by atomic mass is 16.3. The third-order valence-corrected chi connectivity index (χ3v) is 0.956. The lowest BCUT2D eigenvalue weighted by Gasteiger charge is -2.04. The zero-order valence-electron chi connectivity index (χ0n) is 5.66. The Bertz CT molecular complexity index is 158. The number of aromatic nitrogens is 1. The zero-order valence-corrected chi connectivity index (χ0v) is 5.66. The van der Waals surface area contributed by atoms with Crippen LogP contribution in [0.3, 0.4) is 0 Å². The van der Waals surface area contributed by atoms with Crippen molar-refractivity contribution in [3.8, 4) is 0 Å². The lowest BCUT2D eigenvalue weighted by atomic mass is 10.5. The number of hydrogen-bond donors (Lipinski definition) is 0. The Morgan fingerprint density at radius 2 is 2.44 bits per heavy atom. The summed E-state index contributed by atoms with van der Waals surface area (Å²) >= 11 is 0. The quantitative estimate of drug-likeness (QED) is 0.585. The molecule has 0 saturated carbocycles. The molecule has 0 unspecified atom stereocenters. The summed E-state index contributed by atoms with van der Waals surface area (Å²) in [6, 6.07) is 0. The molecule has 1 rings (SSSR count). The highest BCUT2D eigenvalue weighted by Crippen LogP contribution is 1.97. The smallest absolute Gasteiger partial charge is 0.180 e. The molecule has 0 saturated heterocycles. The summed E-state index contributed by atoms with van der Waals surface area (Å²) in [5, 5.41) is 0. The van der Waals surface area contributed by atoms with E-state index in [1.807, 2.05) is 19.0 Å². The molecule has 1 aromatic heterocycles. The first-order valence-electron chi connectivity index (χ1n) is 2.81. The van der Waals surface area contributed by atoms with Crippen LogP contribution in [0.2, 0.25) is 0 Å². The minimum absolute atomic E-state index is 0.819. The third kappa shape index (κ3) is 1.85. The molecular formula is C6H10N2O. The lowest BCUT2D eigenvalue weighted by molar-refractivity contribution is 0.350. The standard InChI is InChI=1S/C6H10N2O/c1-8(2)4-6-3-7-5-9-6/h3,5H,4H2,1-2H3. The Hall–Kier alpha value is -0.830. The van der Waals surface area contributed by atoms with Gasteiger partial charge >= 0.3 is 0 Å². The summed E-state index contributed by atoms with van der Waals surface area (Å²) in [6.07, 6.45) is 3.17. The van der Waals surface area contributed by atoms with Crippen molar-refractivity contribution >= 4 is 0 Å². The van der Waals surface area contributed by atoms with Crippen LogP contribution in [0.25, 0.3) is 0 Å². The van der Waals surface area contributed by atoms with Gasteiger partial charge in [0.1, 0.15) is 5.76 Å². The first kappa shape index (κ1) is 6.29. The first-order chi connectivity index (χ1) is 4.29. The van der Waals surface area contributed by atoms with E-state index in [2.05, 4.69) is 4.98 Å². The van der Waals surface area contributed by atoms with Crippen molar-refractivity contribution < 1.29 is 4.42 Å². The average molecular weight is 126 g/mol. The second kappa shape index (κ2) is 2.64. The van der Waals surface area contributed by atoms with Crippen LogP contribution in [0, 0.1) is 0 Å². The SMILES string of the molecule is CN(C)Cc1cnco1. The number of nitrogens with zero attached hydrogens (tertiary/aromatic N) is 2. The van der Waals surface area contributed by atoms with E-state index in [1.54, 1.807) is 6.20 Å². The predicted octanol–water partition coefficient (Wildman–Crippen LogP) is 0.736. The molecule has 0 atom stereocenters. The molecule has 0 spiro atoms. The molecule has 50 valence electrons. The van der Waals surface area contributed by atoms with E-state index in [9.17, 15) is 0 Å². The predicted molar refractivity (Wildman–Crippen MR) is 33.9 cm³/mol. The third-order valence-electron chi connectivity index (χ3n) is 0.956. The molecule has 0 amide bonds. The van der Waals surface area contributed by atoms with Crippen molar-refractivity contribution in [3.05, 3.63) is 18.4 Å². The summed E-state index contributed by atoms with van der Waals surface area (Å²) in [5.41, 5.74) is 0. The highest BCUT2D eigenvalue weighted by molar-refractivity contribution is 4.86. The van der Waals surface area contributed by atoms with E-state index in [0.717, 1.165) is 12.3 Å². The van der Waals surface area contributed by atoms with E-state index in [4.69, 9.17) is 4.42 Å². The van der Waals surface area contributed by atoms with Crippen molar-refractivity contribution in [2.45, 2.75) is 6.54 Å². The Morgan fingerprint density at radius 1 is 1.67 bits per heavy atom. The van der Waals surface area contributed by atoms with E-state index in [0.29, 0.717) is 0 Å². The van der Waals surface area contributed by atoms with Crippen LogP contribution in [0.15, 0.2) is 17.0 Å². The van der Waals surface area contributed by atoms with Gasteiger partial charge in [-0.1, -0.05) is 0 Å². The Morgan fingerprint density at radius 3 is 2.89 bits per heavy atom. The van der Waals surface area contributed by atoms with Gasteiger partial charge in [-0.25, -0.2) is 4.98 Å². The van der Waals surface area contributed by atoms with E-state index < -0.39 is 0 Å². The molecule has 9 heavy (non-hydrogen) atoms. The van der Waals surface area contributed by atoms with Gasteiger partial charge in [0.2, 0.25) is 0 Å². The molecule has 1 heterocycles. The van der Waals surface area contributed by atoms with Gasteiger partial charge in [0, 0.05) is 0 Å². The monoisotopic (exact) mass is 126 g/mol. The van der Waals surface area contributed by atoms with Crippen molar-refractivity contribution in [2.75, 3.05) is 14.1 Å². The minimum atomic E-state index is 0.819. The van der Waals surface area contributed by atoms with Gasteiger partial charge in [-0.2, -0.15) is 0 Å². The van der Waals surface area contributed by atoms with Gasteiger partial charge in [-0.05, 0) is 14.1 Å². The lowest BCUT2D eigenvalue weighted by Crippen LogP contribution is -2.09. The van der Waals surface area contributed by atoms with Crippen LogP contribution in [0.1, 0.15) is 5.76 Å². The summed E-state index contributed by atoms with van der Waals surface area (Å²) in [7, 11) is 3.98. The van der Waals surface area contributed by atoms with Crippen molar-refractivity contribution in [3.63, 3.8) is 0 Å². The Balaban J connectivity index is 2.48. The Kier molecular flexibility index (Phi) is 1.85. The van der Waals surface area contributed by atoms with E-state index >= 15 is 0 Å². The van der Waals surface area contributed by atoms with Crippen molar-refractivity contribution in [1.29, 1.82) is 0 Å². The molecule has 3 nitrogen and oxygen atoms in total. The summed E-state index contributed by atoms with van der Waals surface area (Å²) in [4.78, 5) is 5.81. The maximum atomic E-state index is 4.99. The summed E-state index contributed by atoms with van der Waals surface area (Å²) < 4.78 is 4.99. The topological polar surface area (TPSA) is 29.3 Å². The molecule has 0 aromatic carbocycles. The highest BCUT2D eigenvalue weighted by Gasteiger charge is 1.95. The number of oxazole rings is 1. The molecule has 0 bridgehead atoms. The van der Waals surface area contributed by atoms with Gasteiger partial charge in [-0.3, -0.25) is 0 Å². The van der Waals surface area contributed by atoms with Crippen molar-refractivity contribution in [1.82, 2.24) is 9.88 Å². The van der Waals surface area contributed by atoms with Crippen LogP contribution in [0.4, 0.5) is 0 Å². The molecule has 1 aromatic rings. The molecule has 3 heteroatoms. The van der Waals surface area contributed by atoms with Crippen LogP contribution in [-0.4, -0.2) is 24.0 Å². The van der Waals surface area contributed by atoms with Crippen LogP contribution in [0.5, 0.6) is 0 Å². The molecule has 0 fully saturated rings. The normalized spacial score (nSPS) is 10.6. The largest absolute Gasteiger partial charge is 0.447 e. The number of rotatable bonds is 2. The molecular weight excluding hydrogens is 116 g/mol. The molecule has 0 aliphatic rings. The van der Waals surface area contributed by atoms with Crippen LogP contribution < -0.4 is 0 Å². The fraction of sp³-hybridized carbons (Fsp3) is 0.500. The van der Waals surface area contributed by atoms with Gasteiger partial charge < -0.3 is 9.32 Å². The molecule has 0 aliphatic carbocycles. The maximum absolute atomic E-state index is 4.99. The fourth-order valence-corrected chi connectivity index (χ4v) is 0.632. The van der Waals surface area contributed by atoms with Gasteiger partial charge in [0.25, 0.3) is 0 Å². The molecule has 0 N–H and O–H groups in total. The maximum Gasteiger partial charge on any atom is 0.180 e.